The van der Waals surface area contributed by atoms with Crippen molar-refractivity contribution in [1.29, 1.82) is 0 Å². The standard InChI is InChI=1S/C13H22N4O/c1-9(2)17-5-4-12(15-17)13(18)16-8-11(7-14)6-10(16)3/h4-5,9-11H,6-8,14H2,1-3H3. The number of hydrogen-bond acceptors (Lipinski definition) is 3. The molecule has 0 spiro atoms. The van der Waals surface area contributed by atoms with Gasteiger partial charge >= 0.3 is 0 Å². The molecule has 2 rings (SSSR count). The predicted octanol–water partition coefficient (Wildman–Crippen LogP) is 1.27. The molecule has 100 valence electrons. The second-order valence-corrected chi connectivity index (χ2v) is 5.42. The molecule has 18 heavy (non-hydrogen) atoms. The van der Waals surface area contributed by atoms with E-state index in [2.05, 4.69) is 12.0 Å². The fraction of sp³-hybridized carbons (Fsp3) is 0.692. The highest BCUT2D eigenvalue weighted by Crippen LogP contribution is 2.23. The van der Waals surface area contributed by atoms with Crippen LogP contribution >= 0.6 is 0 Å². The summed E-state index contributed by atoms with van der Waals surface area (Å²) in [7, 11) is 0. The number of carbonyl (C=O) groups is 1. The predicted molar refractivity (Wildman–Crippen MR) is 70.3 cm³/mol. The quantitative estimate of drug-likeness (QED) is 0.878. The molecule has 2 N–H and O–H groups in total. The van der Waals surface area contributed by atoms with Crippen molar-refractivity contribution >= 4 is 5.91 Å². The highest BCUT2D eigenvalue weighted by Gasteiger charge is 2.32. The molecule has 0 aromatic carbocycles. The lowest BCUT2D eigenvalue weighted by Crippen LogP contribution is -2.34. The van der Waals surface area contributed by atoms with Gasteiger partial charge in [0, 0.05) is 24.8 Å². The SMILES string of the molecule is CC1CC(CN)CN1C(=O)c1ccn(C(C)C)n1. The molecule has 0 radical (unpaired) electrons. The van der Waals surface area contributed by atoms with Crippen LogP contribution in [0.1, 0.15) is 43.7 Å². The minimum Gasteiger partial charge on any atom is -0.334 e. The van der Waals surface area contributed by atoms with E-state index in [4.69, 9.17) is 5.73 Å². The highest BCUT2D eigenvalue weighted by atomic mass is 16.2. The molecule has 2 atom stereocenters. The van der Waals surface area contributed by atoms with Crippen molar-refractivity contribution < 1.29 is 4.79 Å². The zero-order valence-corrected chi connectivity index (χ0v) is 11.3. The summed E-state index contributed by atoms with van der Waals surface area (Å²) in [5, 5.41) is 4.33. The Morgan fingerprint density at radius 3 is 2.83 bits per heavy atom. The van der Waals surface area contributed by atoms with E-state index in [1.54, 1.807) is 6.07 Å². The molecule has 0 aliphatic carbocycles. The maximum atomic E-state index is 12.4. The Kier molecular flexibility index (Phi) is 3.71. The largest absolute Gasteiger partial charge is 0.334 e. The molecule has 1 aliphatic heterocycles. The third-order valence-corrected chi connectivity index (χ3v) is 3.61. The molecule has 1 aliphatic rings. The summed E-state index contributed by atoms with van der Waals surface area (Å²) >= 11 is 0. The smallest absolute Gasteiger partial charge is 0.274 e. The fourth-order valence-electron chi connectivity index (χ4n) is 2.48. The van der Waals surface area contributed by atoms with Gasteiger partial charge in [0.25, 0.3) is 5.91 Å². The first-order chi connectivity index (χ1) is 8.52. The van der Waals surface area contributed by atoms with Crippen molar-refractivity contribution in [2.24, 2.45) is 11.7 Å². The van der Waals surface area contributed by atoms with E-state index < -0.39 is 0 Å². The van der Waals surface area contributed by atoms with Crippen molar-refractivity contribution in [1.82, 2.24) is 14.7 Å². The number of nitrogens with zero attached hydrogens (tertiary/aromatic N) is 3. The van der Waals surface area contributed by atoms with E-state index >= 15 is 0 Å². The Morgan fingerprint density at radius 2 is 2.33 bits per heavy atom. The van der Waals surface area contributed by atoms with E-state index in [1.165, 1.54) is 0 Å². The van der Waals surface area contributed by atoms with Crippen LogP contribution in [0.15, 0.2) is 12.3 Å². The number of likely N-dealkylation sites (tertiary alicyclic amines) is 1. The average molecular weight is 250 g/mol. The van der Waals surface area contributed by atoms with Crippen molar-refractivity contribution in [3.63, 3.8) is 0 Å². The minimum absolute atomic E-state index is 0.0258. The van der Waals surface area contributed by atoms with E-state index in [1.807, 2.05) is 29.6 Å². The summed E-state index contributed by atoms with van der Waals surface area (Å²) < 4.78 is 1.81. The molecule has 2 heterocycles. The molecule has 5 nitrogen and oxygen atoms in total. The zero-order valence-electron chi connectivity index (χ0n) is 11.3. The summed E-state index contributed by atoms with van der Waals surface area (Å²) in [6.07, 6.45) is 2.85. The Hall–Kier alpha value is -1.36. The first kappa shape index (κ1) is 13.1. The van der Waals surface area contributed by atoms with Crippen LogP contribution in [0.25, 0.3) is 0 Å². The van der Waals surface area contributed by atoms with E-state index in [0.29, 0.717) is 18.2 Å². The van der Waals surface area contributed by atoms with Gasteiger partial charge in [-0.2, -0.15) is 5.10 Å². The molecular weight excluding hydrogens is 228 g/mol. The van der Waals surface area contributed by atoms with Gasteiger partial charge in [0.2, 0.25) is 0 Å². The van der Waals surface area contributed by atoms with Gasteiger partial charge in [0.1, 0.15) is 5.69 Å². The monoisotopic (exact) mass is 250 g/mol. The first-order valence-electron chi connectivity index (χ1n) is 6.59. The van der Waals surface area contributed by atoms with Gasteiger partial charge in [-0.05, 0) is 45.7 Å². The first-order valence-corrected chi connectivity index (χ1v) is 6.59. The topological polar surface area (TPSA) is 64.2 Å². The second-order valence-electron chi connectivity index (χ2n) is 5.42. The van der Waals surface area contributed by atoms with Gasteiger partial charge in [-0.3, -0.25) is 9.48 Å². The third-order valence-electron chi connectivity index (χ3n) is 3.61. The van der Waals surface area contributed by atoms with Crippen LogP contribution in [0.4, 0.5) is 0 Å². The molecule has 1 amide bonds. The Labute approximate surface area is 108 Å². The lowest BCUT2D eigenvalue weighted by molar-refractivity contribution is 0.0736. The maximum Gasteiger partial charge on any atom is 0.274 e. The lowest BCUT2D eigenvalue weighted by atomic mass is 10.1. The number of nitrogens with two attached hydrogens (primary N) is 1. The number of amides is 1. The summed E-state index contributed by atoms with van der Waals surface area (Å²) in [6, 6.07) is 2.33. The molecule has 1 aromatic rings. The average Bonchev–Trinajstić information content (AvgIpc) is 2.94. The molecule has 0 bridgehead atoms. The summed E-state index contributed by atoms with van der Waals surface area (Å²) in [6.45, 7) is 7.57. The number of carbonyl (C=O) groups excluding carboxylic acids is 1. The third kappa shape index (κ3) is 2.41. The normalized spacial score (nSPS) is 23.9. The Balaban J connectivity index is 2.11. The van der Waals surface area contributed by atoms with Gasteiger partial charge < -0.3 is 10.6 Å². The van der Waals surface area contributed by atoms with Crippen LogP contribution in [-0.2, 0) is 0 Å². The van der Waals surface area contributed by atoms with Crippen molar-refractivity contribution in [2.45, 2.75) is 39.3 Å². The van der Waals surface area contributed by atoms with Crippen LogP contribution in [-0.4, -0.2) is 39.7 Å². The Morgan fingerprint density at radius 1 is 1.61 bits per heavy atom. The van der Waals surface area contributed by atoms with Gasteiger partial charge in [-0.15, -0.1) is 0 Å². The zero-order chi connectivity index (χ0) is 13.3. The van der Waals surface area contributed by atoms with Crippen LogP contribution in [0, 0.1) is 5.92 Å². The van der Waals surface area contributed by atoms with Crippen molar-refractivity contribution in [3.8, 4) is 0 Å². The Bertz CT molecular complexity index is 426. The molecular formula is C13H22N4O. The van der Waals surface area contributed by atoms with Crippen LogP contribution in [0.2, 0.25) is 0 Å². The lowest BCUT2D eigenvalue weighted by Gasteiger charge is -2.20. The summed E-state index contributed by atoms with van der Waals surface area (Å²) in [4.78, 5) is 14.3. The highest BCUT2D eigenvalue weighted by molar-refractivity contribution is 5.92. The van der Waals surface area contributed by atoms with Gasteiger partial charge in [0.05, 0.1) is 0 Å². The molecule has 1 aromatic heterocycles. The van der Waals surface area contributed by atoms with Crippen molar-refractivity contribution in [3.05, 3.63) is 18.0 Å². The molecule has 1 fully saturated rings. The van der Waals surface area contributed by atoms with E-state index in [0.717, 1.165) is 13.0 Å². The molecule has 1 saturated heterocycles. The summed E-state index contributed by atoms with van der Waals surface area (Å²) in [5.74, 6) is 0.453. The number of aromatic nitrogens is 2. The molecule has 5 heteroatoms. The van der Waals surface area contributed by atoms with Crippen LogP contribution < -0.4 is 5.73 Å². The van der Waals surface area contributed by atoms with Gasteiger partial charge in [-0.1, -0.05) is 0 Å². The van der Waals surface area contributed by atoms with Gasteiger partial charge in [0.15, 0.2) is 0 Å². The molecule has 0 saturated carbocycles. The summed E-state index contributed by atoms with van der Waals surface area (Å²) in [5.41, 5.74) is 6.22. The van der Waals surface area contributed by atoms with Crippen LogP contribution in [0.3, 0.4) is 0 Å². The second kappa shape index (κ2) is 5.10. The number of rotatable bonds is 3. The molecule has 2 unspecified atom stereocenters. The van der Waals surface area contributed by atoms with E-state index in [-0.39, 0.29) is 18.0 Å². The fourth-order valence-corrected chi connectivity index (χ4v) is 2.48. The van der Waals surface area contributed by atoms with Crippen molar-refractivity contribution in [2.75, 3.05) is 13.1 Å². The minimum atomic E-state index is 0.0258. The number of hydrogen-bond donors (Lipinski definition) is 1. The van der Waals surface area contributed by atoms with E-state index in [9.17, 15) is 4.79 Å². The van der Waals surface area contributed by atoms with Crippen LogP contribution in [0.5, 0.6) is 0 Å². The van der Waals surface area contributed by atoms with Gasteiger partial charge in [-0.25, -0.2) is 0 Å². The maximum absolute atomic E-state index is 12.4.